The number of hydrogen-bond acceptors (Lipinski definition) is 4. The molecule has 0 fully saturated rings. The molecule has 0 saturated carbocycles. The summed E-state index contributed by atoms with van der Waals surface area (Å²) in [5.74, 6) is 1.51. The van der Waals surface area contributed by atoms with Crippen LogP contribution in [0.1, 0.15) is 11.3 Å². The van der Waals surface area contributed by atoms with Gasteiger partial charge in [-0.1, -0.05) is 188 Å². The van der Waals surface area contributed by atoms with Crippen molar-refractivity contribution < 1.29 is 0 Å². The molecule has 7 nitrogen and oxygen atoms in total. The van der Waals surface area contributed by atoms with Gasteiger partial charge in [-0.25, -0.2) is 0 Å². The van der Waals surface area contributed by atoms with E-state index in [-0.39, 0.29) is 0 Å². The van der Waals surface area contributed by atoms with Crippen molar-refractivity contribution in [3.05, 3.63) is 248 Å². The molecule has 0 unspecified atom stereocenters. The van der Waals surface area contributed by atoms with Crippen LogP contribution in [0.2, 0.25) is 0 Å². The molecule has 0 aliphatic heterocycles. The van der Waals surface area contributed by atoms with Crippen LogP contribution in [-0.2, 0) is 6.42 Å². The summed E-state index contributed by atoms with van der Waals surface area (Å²) < 4.78 is 7.03. The molecule has 0 saturated heterocycles. The van der Waals surface area contributed by atoms with Crippen LogP contribution in [0.15, 0.2) is 237 Å². The van der Waals surface area contributed by atoms with Gasteiger partial charge in [0.05, 0.1) is 33.3 Å². The first-order valence-electron chi connectivity index (χ1n) is 24.1. The van der Waals surface area contributed by atoms with Gasteiger partial charge in [0, 0.05) is 55.1 Å². The van der Waals surface area contributed by atoms with Crippen LogP contribution < -0.4 is 5.32 Å². The van der Waals surface area contributed by atoms with Gasteiger partial charge in [0.15, 0.2) is 5.82 Å². The minimum atomic E-state index is 0.435. The van der Waals surface area contributed by atoms with Crippen molar-refractivity contribution in [2.24, 2.45) is 0 Å². The van der Waals surface area contributed by atoms with E-state index in [4.69, 9.17) is 15.0 Å². The Morgan fingerprint density at radius 1 is 0.394 bits per heavy atom. The Morgan fingerprint density at radius 2 is 0.958 bits per heavy atom. The van der Waals surface area contributed by atoms with Crippen molar-refractivity contribution in [3.8, 4) is 51.0 Å². The first-order chi connectivity index (χ1) is 35.2. The van der Waals surface area contributed by atoms with Crippen molar-refractivity contribution >= 4 is 72.2 Å². The summed E-state index contributed by atoms with van der Waals surface area (Å²) in [6, 6.07) is 77.3. The number of allylic oxidation sites excluding steroid dienone is 3. The van der Waals surface area contributed by atoms with Crippen LogP contribution in [0.5, 0.6) is 0 Å². The van der Waals surface area contributed by atoms with Crippen molar-refractivity contribution in [2.45, 2.75) is 6.42 Å². The van der Waals surface area contributed by atoms with E-state index in [1.165, 1.54) is 27.2 Å². The maximum absolute atomic E-state index is 5.43. The minimum absolute atomic E-state index is 0.435. The van der Waals surface area contributed by atoms with Gasteiger partial charge in [-0.2, -0.15) is 15.0 Å². The van der Waals surface area contributed by atoms with Crippen LogP contribution in [0.3, 0.4) is 0 Å². The highest BCUT2D eigenvalue weighted by atomic mass is 15.3. The summed E-state index contributed by atoms with van der Waals surface area (Å²) in [6.07, 6.45) is 9.59. The van der Waals surface area contributed by atoms with E-state index in [1.54, 1.807) is 0 Å². The van der Waals surface area contributed by atoms with E-state index in [9.17, 15) is 0 Å². The van der Waals surface area contributed by atoms with E-state index in [2.05, 4.69) is 256 Å². The molecule has 334 valence electrons. The van der Waals surface area contributed by atoms with E-state index in [0.29, 0.717) is 17.7 Å². The van der Waals surface area contributed by atoms with Crippen molar-refractivity contribution in [1.82, 2.24) is 28.7 Å². The number of nitrogens with one attached hydrogen (secondary N) is 1. The molecule has 14 rings (SSSR count). The summed E-state index contributed by atoms with van der Waals surface area (Å²) in [5, 5.41) is 9.60. The standard InChI is InChI=1S/C64H43N7/c1-5-19-42(20-6-1)43-33-35-44(36-34-43)62-66-63(65-55-29-16-13-25-48(55)45-37-38-52-49-27-14-17-31-56(49)69(59(52)41-45)46-21-7-2-8-22-46)68-64(67-62)71-58-32-18-15-28-51(58)54-40-39-53-50-26-11-4-12-30-57(50)70(60(53)61(54)71)47-23-9-3-10-24-47/h1-25,27-41H,26H2,(H,65,66,67,68). The average molecular weight is 910 g/mol. The lowest BCUT2D eigenvalue weighted by molar-refractivity contribution is 0.952. The zero-order valence-corrected chi connectivity index (χ0v) is 38.5. The molecular weight excluding hydrogens is 867 g/mol. The Balaban J connectivity index is 0.991. The second-order valence-electron chi connectivity index (χ2n) is 18.1. The zero-order chi connectivity index (χ0) is 46.8. The fourth-order valence-electron chi connectivity index (χ4n) is 10.8. The van der Waals surface area contributed by atoms with E-state index >= 15 is 0 Å². The molecule has 1 aliphatic rings. The molecule has 9 aromatic carbocycles. The lowest BCUT2D eigenvalue weighted by atomic mass is 10.0. The summed E-state index contributed by atoms with van der Waals surface area (Å²) in [4.78, 5) is 16.1. The molecule has 0 atom stereocenters. The number of rotatable bonds is 8. The van der Waals surface area contributed by atoms with Gasteiger partial charge in [-0.3, -0.25) is 4.57 Å². The van der Waals surface area contributed by atoms with Crippen molar-refractivity contribution in [3.63, 3.8) is 0 Å². The Morgan fingerprint density at radius 3 is 1.73 bits per heavy atom. The maximum Gasteiger partial charge on any atom is 0.240 e. The third kappa shape index (κ3) is 6.70. The van der Waals surface area contributed by atoms with Crippen LogP contribution >= 0.6 is 0 Å². The molecule has 0 radical (unpaired) electrons. The molecule has 4 aromatic heterocycles. The highest BCUT2D eigenvalue weighted by Crippen LogP contribution is 2.43. The van der Waals surface area contributed by atoms with Crippen LogP contribution in [0.25, 0.3) is 112 Å². The quantitative estimate of drug-likeness (QED) is 0.165. The number of nitrogens with zero attached hydrogens (tertiary/aromatic N) is 6. The Labute approximate surface area is 409 Å². The van der Waals surface area contributed by atoms with E-state index in [0.717, 1.165) is 89.8 Å². The highest BCUT2D eigenvalue weighted by molar-refractivity contribution is 6.19. The topological polar surface area (TPSA) is 65.5 Å². The number of para-hydroxylation sites is 5. The van der Waals surface area contributed by atoms with Crippen LogP contribution in [0.4, 0.5) is 11.6 Å². The predicted octanol–water partition coefficient (Wildman–Crippen LogP) is 15.9. The van der Waals surface area contributed by atoms with Crippen molar-refractivity contribution in [2.75, 3.05) is 5.32 Å². The van der Waals surface area contributed by atoms with Crippen molar-refractivity contribution in [1.29, 1.82) is 0 Å². The molecule has 71 heavy (non-hydrogen) atoms. The van der Waals surface area contributed by atoms with Gasteiger partial charge in [0.2, 0.25) is 11.9 Å². The molecule has 7 heteroatoms. The lowest BCUT2D eigenvalue weighted by Crippen LogP contribution is -2.09. The molecule has 0 amide bonds. The molecule has 1 N–H and O–H groups in total. The van der Waals surface area contributed by atoms with E-state index in [1.807, 2.05) is 6.07 Å². The number of anilines is 2. The minimum Gasteiger partial charge on any atom is -0.323 e. The number of fused-ring (bicyclic) bond motifs is 10. The fourth-order valence-corrected chi connectivity index (χ4v) is 10.8. The van der Waals surface area contributed by atoms with Gasteiger partial charge in [0.1, 0.15) is 0 Å². The summed E-state index contributed by atoms with van der Waals surface area (Å²) in [6.45, 7) is 0. The molecule has 4 heterocycles. The van der Waals surface area contributed by atoms with Gasteiger partial charge in [-0.15, -0.1) is 0 Å². The molecule has 0 spiro atoms. The van der Waals surface area contributed by atoms with Gasteiger partial charge in [0.25, 0.3) is 0 Å². The normalized spacial score (nSPS) is 12.3. The molecular formula is C64H43N7. The maximum atomic E-state index is 5.43. The zero-order valence-electron chi connectivity index (χ0n) is 38.5. The third-order valence-corrected chi connectivity index (χ3v) is 14.0. The number of hydrogen-bond donors (Lipinski definition) is 1. The Kier molecular flexibility index (Phi) is 9.45. The molecule has 1 aliphatic carbocycles. The van der Waals surface area contributed by atoms with Gasteiger partial charge < -0.3 is 14.5 Å². The predicted molar refractivity (Wildman–Crippen MR) is 293 cm³/mol. The second kappa shape index (κ2) is 16.6. The first-order valence-corrected chi connectivity index (χ1v) is 24.1. The summed E-state index contributed by atoms with van der Waals surface area (Å²) in [5.41, 5.74) is 16.2. The molecule has 13 aromatic rings. The van der Waals surface area contributed by atoms with Crippen LogP contribution in [0, 0.1) is 0 Å². The summed E-state index contributed by atoms with van der Waals surface area (Å²) in [7, 11) is 0. The first kappa shape index (κ1) is 40.5. The average Bonchev–Trinajstić information content (AvgIpc) is 3.99. The van der Waals surface area contributed by atoms with Gasteiger partial charge >= 0.3 is 0 Å². The van der Waals surface area contributed by atoms with Crippen LogP contribution in [-0.4, -0.2) is 28.7 Å². The summed E-state index contributed by atoms with van der Waals surface area (Å²) >= 11 is 0. The SMILES string of the molecule is C1=CCc2c(n(-c3ccccc3)c3c2ccc2c4ccccc4n(-c4nc(Nc5ccccc5-c5ccc6c7ccccc7n(-c7ccccc7)c6c5)nc(-c5ccc(-c6ccccc6)cc5)n4)c23)C=C1. The monoisotopic (exact) mass is 909 g/mol. The molecule has 0 bridgehead atoms. The second-order valence-corrected chi connectivity index (χ2v) is 18.1. The third-order valence-electron chi connectivity index (χ3n) is 14.0. The van der Waals surface area contributed by atoms with E-state index < -0.39 is 0 Å². The Bertz CT molecular complexity index is 4250. The number of aromatic nitrogens is 6. The lowest BCUT2D eigenvalue weighted by Gasteiger charge is -2.15. The smallest absolute Gasteiger partial charge is 0.240 e. The largest absolute Gasteiger partial charge is 0.323 e. The van der Waals surface area contributed by atoms with Gasteiger partial charge in [-0.05, 0) is 83.3 Å². The Hall–Kier alpha value is -9.59. The number of benzene rings is 9. The fraction of sp³-hybridized carbons (Fsp3) is 0.0156. The highest BCUT2D eigenvalue weighted by Gasteiger charge is 2.25.